The number of aromatic nitrogens is 3. The number of nitrogens with zero attached hydrogens (tertiary/aromatic N) is 5. The van der Waals surface area contributed by atoms with Crippen LogP contribution in [-0.4, -0.2) is 71.3 Å². The lowest BCUT2D eigenvalue weighted by Gasteiger charge is -2.39. The predicted molar refractivity (Wildman–Crippen MR) is 140 cm³/mol. The average molecular weight is 556 g/mol. The van der Waals surface area contributed by atoms with Crippen molar-refractivity contribution in [2.75, 3.05) is 39.9 Å². The zero-order chi connectivity index (χ0) is 22.1. The standard InChI is InChI=1S/C23H37N7O.HI/c1-5-20(6-2)21(29-11-13-31-14-12-29)17-28-23(24-4)27-16-19-7-8-22(26-15-19)30-10-9-25-18(30)3;/h7-10,15,20-21H,5-6,11-14,16-17H2,1-4H3,(H2,24,27,28);1H. The highest BCUT2D eigenvalue weighted by molar-refractivity contribution is 14.0. The molecule has 3 rings (SSSR count). The van der Waals surface area contributed by atoms with Crippen molar-refractivity contribution in [3.63, 3.8) is 0 Å². The molecule has 1 unspecified atom stereocenters. The number of morpholine rings is 1. The van der Waals surface area contributed by atoms with Crippen LogP contribution < -0.4 is 10.6 Å². The van der Waals surface area contributed by atoms with Crippen LogP contribution in [0.5, 0.6) is 0 Å². The van der Waals surface area contributed by atoms with Crippen molar-refractivity contribution in [1.82, 2.24) is 30.1 Å². The first-order valence-electron chi connectivity index (χ1n) is 11.4. The topological polar surface area (TPSA) is 79.6 Å². The second kappa shape index (κ2) is 13.7. The quantitative estimate of drug-likeness (QED) is 0.282. The monoisotopic (exact) mass is 555 g/mol. The fraction of sp³-hybridized carbons (Fsp3) is 0.609. The van der Waals surface area contributed by atoms with Gasteiger partial charge in [-0.1, -0.05) is 32.8 Å². The number of aliphatic imine (C=N–C) groups is 1. The number of rotatable bonds is 9. The lowest BCUT2D eigenvalue weighted by Crippen LogP contribution is -2.53. The predicted octanol–water partition coefficient (Wildman–Crippen LogP) is 3.00. The zero-order valence-corrected chi connectivity index (χ0v) is 22.1. The van der Waals surface area contributed by atoms with Gasteiger partial charge in [-0.2, -0.15) is 0 Å². The van der Waals surface area contributed by atoms with E-state index in [2.05, 4.69) is 50.4 Å². The molecule has 0 amide bonds. The van der Waals surface area contributed by atoms with Gasteiger partial charge in [-0.15, -0.1) is 24.0 Å². The maximum Gasteiger partial charge on any atom is 0.191 e. The molecule has 2 aromatic heterocycles. The van der Waals surface area contributed by atoms with E-state index in [9.17, 15) is 0 Å². The highest BCUT2D eigenvalue weighted by Crippen LogP contribution is 2.19. The van der Waals surface area contributed by atoms with Gasteiger partial charge in [0.15, 0.2) is 5.96 Å². The number of guanidine groups is 1. The van der Waals surface area contributed by atoms with Gasteiger partial charge < -0.3 is 15.4 Å². The molecule has 1 saturated heterocycles. The summed E-state index contributed by atoms with van der Waals surface area (Å²) in [6.07, 6.45) is 7.97. The minimum Gasteiger partial charge on any atom is -0.379 e. The van der Waals surface area contributed by atoms with Gasteiger partial charge in [0.25, 0.3) is 0 Å². The summed E-state index contributed by atoms with van der Waals surface area (Å²) in [6.45, 7) is 11.8. The Labute approximate surface area is 209 Å². The summed E-state index contributed by atoms with van der Waals surface area (Å²) in [6, 6.07) is 4.59. The Kier molecular flexibility index (Phi) is 11.4. The molecule has 32 heavy (non-hydrogen) atoms. The smallest absolute Gasteiger partial charge is 0.191 e. The van der Waals surface area contributed by atoms with Gasteiger partial charge in [-0.05, 0) is 24.5 Å². The molecule has 0 spiro atoms. The minimum atomic E-state index is 0. The Hall–Kier alpha value is -1.72. The van der Waals surface area contributed by atoms with Gasteiger partial charge in [0.05, 0.1) is 13.2 Å². The number of hydrogen-bond acceptors (Lipinski definition) is 5. The molecule has 0 aliphatic carbocycles. The van der Waals surface area contributed by atoms with E-state index in [0.29, 0.717) is 18.5 Å². The van der Waals surface area contributed by atoms with Crippen LogP contribution in [0.3, 0.4) is 0 Å². The molecule has 0 saturated carbocycles. The largest absolute Gasteiger partial charge is 0.379 e. The van der Waals surface area contributed by atoms with Crippen LogP contribution in [0.25, 0.3) is 5.82 Å². The average Bonchev–Trinajstić information content (AvgIpc) is 3.25. The van der Waals surface area contributed by atoms with Crippen LogP contribution in [0.15, 0.2) is 35.7 Å². The van der Waals surface area contributed by atoms with Crippen LogP contribution in [0.4, 0.5) is 0 Å². The third-order valence-electron chi connectivity index (χ3n) is 6.15. The molecule has 2 aromatic rings. The lowest BCUT2D eigenvalue weighted by molar-refractivity contribution is 0.00272. The molecular formula is C23H38IN7O. The SMILES string of the molecule is CCC(CC)C(CNC(=NC)NCc1ccc(-n2ccnc2C)nc1)N1CCOCC1.I. The number of pyridine rings is 1. The number of halogens is 1. The molecule has 9 heteroatoms. The molecule has 1 aliphatic heterocycles. The molecule has 178 valence electrons. The van der Waals surface area contributed by atoms with Gasteiger partial charge in [0.2, 0.25) is 0 Å². The second-order valence-corrected chi connectivity index (χ2v) is 7.97. The number of aryl methyl sites for hydroxylation is 1. The normalized spacial score (nSPS) is 16.0. The summed E-state index contributed by atoms with van der Waals surface area (Å²) in [4.78, 5) is 15.8. The molecule has 3 heterocycles. The van der Waals surface area contributed by atoms with Crippen molar-refractivity contribution in [3.05, 3.63) is 42.1 Å². The fourth-order valence-electron chi connectivity index (χ4n) is 4.23. The first-order valence-corrected chi connectivity index (χ1v) is 11.4. The van der Waals surface area contributed by atoms with Gasteiger partial charge in [0, 0.05) is 57.9 Å². The highest BCUT2D eigenvalue weighted by Gasteiger charge is 2.27. The Bertz CT molecular complexity index is 814. The summed E-state index contributed by atoms with van der Waals surface area (Å²) < 4.78 is 7.53. The Morgan fingerprint density at radius 3 is 2.47 bits per heavy atom. The van der Waals surface area contributed by atoms with Crippen molar-refractivity contribution < 1.29 is 4.74 Å². The zero-order valence-electron chi connectivity index (χ0n) is 19.8. The molecule has 8 nitrogen and oxygen atoms in total. The lowest BCUT2D eigenvalue weighted by atomic mass is 9.92. The van der Waals surface area contributed by atoms with E-state index >= 15 is 0 Å². The first-order chi connectivity index (χ1) is 15.2. The maximum atomic E-state index is 5.56. The molecular weight excluding hydrogens is 517 g/mol. The van der Waals surface area contributed by atoms with Crippen molar-refractivity contribution in [2.24, 2.45) is 10.9 Å². The second-order valence-electron chi connectivity index (χ2n) is 7.97. The highest BCUT2D eigenvalue weighted by atomic mass is 127. The van der Waals surface area contributed by atoms with Crippen LogP contribution in [0.1, 0.15) is 38.1 Å². The van der Waals surface area contributed by atoms with Crippen LogP contribution in [-0.2, 0) is 11.3 Å². The van der Waals surface area contributed by atoms with E-state index < -0.39 is 0 Å². The molecule has 1 fully saturated rings. The van der Waals surface area contributed by atoms with E-state index in [1.807, 2.05) is 37.0 Å². The molecule has 1 atom stereocenters. The van der Waals surface area contributed by atoms with Crippen molar-refractivity contribution >= 4 is 29.9 Å². The van der Waals surface area contributed by atoms with E-state index in [1.165, 1.54) is 12.8 Å². The summed E-state index contributed by atoms with van der Waals surface area (Å²) in [7, 11) is 1.82. The van der Waals surface area contributed by atoms with Gasteiger partial charge in [-0.25, -0.2) is 9.97 Å². The van der Waals surface area contributed by atoms with E-state index in [1.54, 1.807) is 6.20 Å². The molecule has 0 radical (unpaired) electrons. The van der Waals surface area contributed by atoms with Crippen molar-refractivity contribution in [1.29, 1.82) is 0 Å². The fourth-order valence-corrected chi connectivity index (χ4v) is 4.23. The van der Waals surface area contributed by atoms with Crippen LogP contribution >= 0.6 is 24.0 Å². The molecule has 1 aliphatic rings. The molecule has 2 N–H and O–H groups in total. The summed E-state index contributed by atoms with van der Waals surface area (Å²) in [5.74, 6) is 3.28. The number of ether oxygens (including phenoxy) is 1. The summed E-state index contributed by atoms with van der Waals surface area (Å²) >= 11 is 0. The van der Waals surface area contributed by atoms with E-state index in [4.69, 9.17) is 4.74 Å². The Morgan fingerprint density at radius 1 is 1.16 bits per heavy atom. The van der Waals surface area contributed by atoms with Crippen LogP contribution in [0.2, 0.25) is 0 Å². The van der Waals surface area contributed by atoms with E-state index in [0.717, 1.165) is 56.0 Å². The molecule has 0 aromatic carbocycles. The van der Waals surface area contributed by atoms with Crippen molar-refractivity contribution in [2.45, 2.75) is 46.2 Å². The van der Waals surface area contributed by atoms with Gasteiger partial charge in [-0.3, -0.25) is 14.5 Å². The van der Waals surface area contributed by atoms with Gasteiger partial charge in [0.1, 0.15) is 11.6 Å². The third kappa shape index (κ3) is 7.14. The maximum absolute atomic E-state index is 5.56. The molecule has 0 bridgehead atoms. The number of imidazole rings is 1. The van der Waals surface area contributed by atoms with Gasteiger partial charge >= 0.3 is 0 Å². The summed E-state index contributed by atoms with van der Waals surface area (Å²) in [5, 5.41) is 6.97. The number of hydrogen-bond donors (Lipinski definition) is 2. The van der Waals surface area contributed by atoms with E-state index in [-0.39, 0.29) is 24.0 Å². The Morgan fingerprint density at radius 2 is 1.91 bits per heavy atom. The third-order valence-corrected chi connectivity index (χ3v) is 6.15. The number of nitrogens with one attached hydrogen (secondary N) is 2. The summed E-state index contributed by atoms with van der Waals surface area (Å²) in [5.41, 5.74) is 1.11. The van der Waals surface area contributed by atoms with Crippen LogP contribution in [0, 0.1) is 12.8 Å². The van der Waals surface area contributed by atoms with Crippen molar-refractivity contribution in [3.8, 4) is 5.82 Å². The Balaban J connectivity index is 0.00000363. The minimum absolute atomic E-state index is 0. The first kappa shape index (κ1) is 26.5.